The summed E-state index contributed by atoms with van der Waals surface area (Å²) in [6.07, 6.45) is 9.39. The average Bonchev–Trinajstić information content (AvgIpc) is 2.28. The van der Waals surface area contributed by atoms with Crippen molar-refractivity contribution in [1.82, 2.24) is 5.32 Å². The average molecular weight is 257 g/mol. The Kier molecular flexibility index (Phi) is 10.8. The van der Waals surface area contributed by atoms with Gasteiger partial charge in [0, 0.05) is 12.1 Å². The summed E-state index contributed by atoms with van der Waals surface area (Å²) in [5.74, 6) is 0. The van der Waals surface area contributed by atoms with Crippen molar-refractivity contribution in [3.63, 3.8) is 0 Å². The van der Waals surface area contributed by atoms with Crippen molar-refractivity contribution in [1.29, 1.82) is 0 Å². The fourth-order valence-electron chi connectivity index (χ4n) is 1.93. The van der Waals surface area contributed by atoms with Crippen LogP contribution in [0, 0.1) is 0 Å². The Labute approximate surface area is 115 Å². The summed E-state index contributed by atoms with van der Waals surface area (Å²) in [5.41, 5.74) is 0.239. The van der Waals surface area contributed by atoms with Crippen LogP contribution in [0.15, 0.2) is 0 Å². The van der Waals surface area contributed by atoms with E-state index in [2.05, 4.69) is 39.9 Å². The van der Waals surface area contributed by atoms with E-state index in [0.717, 1.165) is 19.6 Å². The molecule has 0 aromatic heterocycles. The van der Waals surface area contributed by atoms with Crippen LogP contribution in [-0.4, -0.2) is 24.8 Å². The van der Waals surface area contributed by atoms with Gasteiger partial charge >= 0.3 is 0 Å². The molecule has 1 N–H and O–H groups in total. The van der Waals surface area contributed by atoms with E-state index in [9.17, 15) is 0 Å². The van der Waals surface area contributed by atoms with Crippen molar-refractivity contribution in [3.05, 3.63) is 0 Å². The number of hydrogen-bond donors (Lipinski definition) is 1. The molecule has 0 saturated carbocycles. The van der Waals surface area contributed by atoms with Crippen molar-refractivity contribution in [2.45, 2.75) is 91.2 Å². The maximum absolute atomic E-state index is 5.83. The second-order valence-electron chi connectivity index (χ2n) is 6.41. The summed E-state index contributed by atoms with van der Waals surface area (Å²) in [5, 5.41) is 3.51. The molecule has 2 nitrogen and oxygen atoms in total. The number of unbranched alkanes of at least 4 members (excludes halogenated alkanes) is 4. The minimum atomic E-state index is 0.239. The van der Waals surface area contributed by atoms with Gasteiger partial charge in [0.05, 0.1) is 6.10 Å². The van der Waals surface area contributed by atoms with E-state index in [1.54, 1.807) is 0 Å². The fourth-order valence-corrected chi connectivity index (χ4v) is 1.93. The monoisotopic (exact) mass is 257 g/mol. The van der Waals surface area contributed by atoms with Gasteiger partial charge < -0.3 is 10.1 Å². The lowest BCUT2D eigenvalue weighted by Gasteiger charge is -2.21. The van der Waals surface area contributed by atoms with E-state index >= 15 is 0 Å². The molecular weight excluding hydrogens is 222 g/mol. The molecule has 0 radical (unpaired) electrons. The van der Waals surface area contributed by atoms with E-state index < -0.39 is 0 Å². The van der Waals surface area contributed by atoms with Gasteiger partial charge in [-0.15, -0.1) is 0 Å². The van der Waals surface area contributed by atoms with Gasteiger partial charge in [0.1, 0.15) is 0 Å². The smallest absolute Gasteiger partial charge is 0.0547 e. The fraction of sp³-hybridized carbons (Fsp3) is 1.00. The summed E-state index contributed by atoms with van der Waals surface area (Å²) in [6, 6.07) is 0. The summed E-state index contributed by atoms with van der Waals surface area (Å²) in [4.78, 5) is 0. The standard InChI is InChI=1S/C16H35NO/c1-6-7-8-9-10-14-18-15(2)12-11-13-17-16(3,4)5/h15,17H,6-14H2,1-5H3. The molecule has 0 aromatic rings. The van der Waals surface area contributed by atoms with E-state index in [1.807, 2.05) is 0 Å². The molecule has 0 saturated heterocycles. The van der Waals surface area contributed by atoms with Gasteiger partial charge in [-0.25, -0.2) is 0 Å². The summed E-state index contributed by atoms with van der Waals surface area (Å²) < 4.78 is 5.83. The van der Waals surface area contributed by atoms with Crippen LogP contribution in [0.2, 0.25) is 0 Å². The Bertz CT molecular complexity index is 174. The van der Waals surface area contributed by atoms with Crippen molar-refractivity contribution < 1.29 is 4.74 Å². The molecule has 0 bridgehead atoms. The lowest BCUT2D eigenvalue weighted by atomic mass is 10.1. The third-order valence-electron chi connectivity index (χ3n) is 3.09. The molecule has 0 amide bonds. The van der Waals surface area contributed by atoms with E-state index in [0.29, 0.717) is 6.10 Å². The molecular formula is C16H35NO. The third kappa shape index (κ3) is 14.0. The van der Waals surface area contributed by atoms with E-state index in [4.69, 9.17) is 4.74 Å². The van der Waals surface area contributed by atoms with E-state index in [-0.39, 0.29) is 5.54 Å². The van der Waals surface area contributed by atoms with Crippen molar-refractivity contribution in [3.8, 4) is 0 Å². The first-order chi connectivity index (χ1) is 8.45. The summed E-state index contributed by atoms with van der Waals surface area (Å²) in [7, 11) is 0. The second kappa shape index (κ2) is 10.8. The van der Waals surface area contributed by atoms with Crippen LogP contribution >= 0.6 is 0 Å². The topological polar surface area (TPSA) is 21.3 Å². The molecule has 2 heteroatoms. The van der Waals surface area contributed by atoms with Crippen molar-refractivity contribution in [2.75, 3.05) is 13.2 Å². The van der Waals surface area contributed by atoms with Gasteiger partial charge in [-0.05, 0) is 53.5 Å². The Hall–Kier alpha value is -0.0800. The highest BCUT2D eigenvalue weighted by Gasteiger charge is 2.08. The lowest BCUT2D eigenvalue weighted by Crippen LogP contribution is -2.36. The molecule has 0 heterocycles. The van der Waals surface area contributed by atoms with Crippen LogP contribution in [0.4, 0.5) is 0 Å². The minimum Gasteiger partial charge on any atom is -0.379 e. The molecule has 1 unspecified atom stereocenters. The van der Waals surface area contributed by atoms with Crippen LogP contribution < -0.4 is 5.32 Å². The van der Waals surface area contributed by atoms with Crippen LogP contribution in [0.1, 0.15) is 79.6 Å². The van der Waals surface area contributed by atoms with Crippen LogP contribution in [0.3, 0.4) is 0 Å². The van der Waals surface area contributed by atoms with Crippen LogP contribution in [0.5, 0.6) is 0 Å². The van der Waals surface area contributed by atoms with Gasteiger partial charge in [-0.1, -0.05) is 32.6 Å². The zero-order valence-corrected chi connectivity index (χ0v) is 13.3. The SMILES string of the molecule is CCCCCCCOC(C)CCCNC(C)(C)C. The zero-order chi connectivity index (χ0) is 13.9. The van der Waals surface area contributed by atoms with Gasteiger partial charge in [0.2, 0.25) is 0 Å². The van der Waals surface area contributed by atoms with Crippen LogP contribution in [-0.2, 0) is 4.74 Å². The second-order valence-corrected chi connectivity index (χ2v) is 6.41. The van der Waals surface area contributed by atoms with Gasteiger partial charge in [0.25, 0.3) is 0 Å². The molecule has 0 rings (SSSR count). The predicted octanol–water partition coefficient (Wildman–Crippen LogP) is 4.53. The largest absolute Gasteiger partial charge is 0.379 e. The Morgan fingerprint density at radius 2 is 1.67 bits per heavy atom. The van der Waals surface area contributed by atoms with Gasteiger partial charge in [0.15, 0.2) is 0 Å². The highest BCUT2D eigenvalue weighted by atomic mass is 16.5. The summed E-state index contributed by atoms with van der Waals surface area (Å²) >= 11 is 0. The molecule has 0 aromatic carbocycles. The lowest BCUT2D eigenvalue weighted by molar-refractivity contribution is 0.0559. The van der Waals surface area contributed by atoms with Crippen molar-refractivity contribution in [2.24, 2.45) is 0 Å². The third-order valence-corrected chi connectivity index (χ3v) is 3.09. The predicted molar refractivity (Wildman–Crippen MR) is 81.2 cm³/mol. The molecule has 0 fully saturated rings. The Balaban J connectivity index is 3.25. The minimum absolute atomic E-state index is 0.239. The highest BCUT2D eigenvalue weighted by molar-refractivity contribution is 4.70. The number of ether oxygens (including phenoxy) is 1. The van der Waals surface area contributed by atoms with Gasteiger partial charge in [-0.2, -0.15) is 0 Å². The number of nitrogens with one attached hydrogen (secondary N) is 1. The first kappa shape index (κ1) is 17.9. The quantitative estimate of drug-likeness (QED) is 0.549. The summed E-state index contributed by atoms with van der Waals surface area (Å²) in [6.45, 7) is 13.1. The maximum atomic E-state index is 5.83. The molecule has 18 heavy (non-hydrogen) atoms. The Morgan fingerprint density at radius 1 is 1.00 bits per heavy atom. The first-order valence-electron chi connectivity index (χ1n) is 7.82. The molecule has 0 aliphatic heterocycles. The molecule has 0 aliphatic rings. The van der Waals surface area contributed by atoms with E-state index in [1.165, 1.54) is 38.5 Å². The Morgan fingerprint density at radius 3 is 2.28 bits per heavy atom. The molecule has 0 aliphatic carbocycles. The van der Waals surface area contributed by atoms with Gasteiger partial charge in [-0.3, -0.25) is 0 Å². The molecule has 110 valence electrons. The molecule has 1 atom stereocenters. The van der Waals surface area contributed by atoms with Crippen molar-refractivity contribution >= 4 is 0 Å². The molecule has 0 spiro atoms. The zero-order valence-electron chi connectivity index (χ0n) is 13.3. The maximum Gasteiger partial charge on any atom is 0.0547 e. The first-order valence-corrected chi connectivity index (χ1v) is 7.82. The van der Waals surface area contributed by atoms with Crippen LogP contribution in [0.25, 0.3) is 0 Å². The number of rotatable bonds is 11. The highest BCUT2D eigenvalue weighted by Crippen LogP contribution is 2.06. The number of hydrogen-bond acceptors (Lipinski definition) is 2. The normalized spacial score (nSPS) is 13.8.